The molecule has 6 nitrogen and oxygen atoms in total. The van der Waals surface area contributed by atoms with E-state index in [1.54, 1.807) is 36.4 Å². The first-order valence-corrected chi connectivity index (χ1v) is 9.52. The number of rotatable bonds is 5. The number of thiophene rings is 1. The van der Waals surface area contributed by atoms with Crippen molar-refractivity contribution < 1.29 is 28.5 Å². The van der Waals surface area contributed by atoms with E-state index in [1.807, 2.05) is 17.5 Å². The van der Waals surface area contributed by atoms with Crippen molar-refractivity contribution >= 4 is 29.2 Å². The molecule has 0 radical (unpaired) electrons. The molecule has 0 spiro atoms. The summed E-state index contributed by atoms with van der Waals surface area (Å²) in [6, 6.07) is 13.2. The lowest BCUT2D eigenvalue weighted by molar-refractivity contribution is 0.0733. The Morgan fingerprint density at radius 1 is 1.00 bits per heavy atom. The Balaban J connectivity index is 1.56. The van der Waals surface area contributed by atoms with Gasteiger partial charge in [-0.25, -0.2) is 4.79 Å². The van der Waals surface area contributed by atoms with Crippen LogP contribution in [-0.4, -0.2) is 26.0 Å². The molecule has 29 heavy (non-hydrogen) atoms. The number of ketones is 1. The van der Waals surface area contributed by atoms with E-state index in [2.05, 4.69) is 0 Å². The third kappa shape index (κ3) is 3.86. The minimum atomic E-state index is -0.583. The molecule has 0 unspecified atom stereocenters. The van der Waals surface area contributed by atoms with Crippen molar-refractivity contribution in [1.29, 1.82) is 0 Å². The number of esters is 1. The molecule has 0 amide bonds. The minimum Gasteiger partial charge on any atom is -0.497 e. The van der Waals surface area contributed by atoms with E-state index in [0.717, 1.165) is 4.88 Å². The Kier molecular flexibility index (Phi) is 5.05. The van der Waals surface area contributed by atoms with Crippen molar-refractivity contribution in [1.82, 2.24) is 0 Å². The highest BCUT2D eigenvalue weighted by Gasteiger charge is 2.28. The zero-order chi connectivity index (χ0) is 20.4. The molecule has 0 atom stereocenters. The van der Waals surface area contributed by atoms with Gasteiger partial charge in [0.1, 0.15) is 23.0 Å². The van der Waals surface area contributed by atoms with Gasteiger partial charge in [0, 0.05) is 23.1 Å². The highest BCUT2D eigenvalue weighted by atomic mass is 32.1. The molecule has 2 heterocycles. The number of methoxy groups -OCH3 is 2. The van der Waals surface area contributed by atoms with Crippen molar-refractivity contribution in [2.24, 2.45) is 0 Å². The van der Waals surface area contributed by atoms with Crippen LogP contribution in [0.4, 0.5) is 0 Å². The van der Waals surface area contributed by atoms with Gasteiger partial charge in [-0.05, 0) is 35.7 Å². The topological polar surface area (TPSA) is 71.1 Å². The van der Waals surface area contributed by atoms with Gasteiger partial charge >= 0.3 is 5.97 Å². The van der Waals surface area contributed by atoms with Gasteiger partial charge in [0.25, 0.3) is 0 Å². The minimum absolute atomic E-state index is 0.205. The van der Waals surface area contributed by atoms with Gasteiger partial charge < -0.3 is 18.9 Å². The van der Waals surface area contributed by atoms with E-state index in [0.29, 0.717) is 22.8 Å². The van der Waals surface area contributed by atoms with Crippen LogP contribution in [0.15, 0.2) is 59.7 Å². The van der Waals surface area contributed by atoms with Crippen molar-refractivity contribution in [2.45, 2.75) is 0 Å². The van der Waals surface area contributed by atoms with Crippen molar-refractivity contribution in [2.75, 3.05) is 14.2 Å². The Hall–Kier alpha value is -3.58. The highest BCUT2D eigenvalue weighted by molar-refractivity contribution is 7.10. The van der Waals surface area contributed by atoms with E-state index in [-0.39, 0.29) is 22.9 Å². The maximum absolute atomic E-state index is 12.5. The van der Waals surface area contributed by atoms with Crippen molar-refractivity contribution in [3.05, 3.63) is 75.7 Å². The van der Waals surface area contributed by atoms with Crippen LogP contribution in [0.3, 0.4) is 0 Å². The number of ether oxygens (including phenoxy) is 4. The molecule has 3 aromatic rings. The molecule has 146 valence electrons. The number of hydrogen-bond acceptors (Lipinski definition) is 7. The number of fused-ring (bicyclic) bond motifs is 1. The number of carbonyl (C=O) groups is 2. The number of hydrogen-bond donors (Lipinski definition) is 0. The third-order valence-corrected chi connectivity index (χ3v) is 5.07. The summed E-state index contributed by atoms with van der Waals surface area (Å²) >= 11 is 1.51. The lowest BCUT2D eigenvalue weighted by Gasteiger charge is -2.09. The van der Waals surface area contributed by atoms with Crippen LogP contribution in [0.25, 0.3) is 6.08 Å². The molecule has 1 aliphatic heterocycles. The third-order valence-electron chi connectivity index (χ3n) is 4.26. The van der Waals surface area contributed by atoms with Gasteiger partial charge in [-0.15, -0.1) is 11.3 Å². The summed E-state index contributed by atoms with van der Waals surface area (Å²) in [5, 5.41) is 1.92. The Bertz CT molecular complexity index is 1090. The van der Waals surface area contributed by atoms with E-state index >= 15 is 0 Å². The predicted molar refractivity (Wildman–Crippen MR) is 108 cm³/mol. The second-order valence-electron chi connectivity index (χ2n) is 6.10. The first-order valence-electron chi connectivity index (χ1n) is 8.64. The Labute approximate surface area is 170 Å². The van der Waals surface area contributed by atoms with Crippen LogP contribution in [-0.2, 0) is 0 Å². The zero-order valence-corrected chi connectivity index (χ0v) is 16.4. The molecule has 2 aromatic carbocycles. The maximum Gasteiger partial charge on any atom is 0.343 e. The fourth-order valence-electron chi connectivity index (χ4n) is 2.82. The second-order valence-corrected chi connectivity index (χ2v) is 7.08. The van der Waals surface area contributed by atoms with Crippen LogP contribution >= 0.6 is 11.3 Å². The van der Waals surface area contributed by atoms with Gasteiger partial charge in [0.15, 0.2) is 5.76 Å². The highest BCUT2D eigenvalue weighted by Crippen LogP contribution is 2.35. The summed E-state index contributed by atoms with van der Waals surface area (Å²) < 4.78 is 21.5. The fraction of sp³-hybridized carbons (Fsp3) is 0.0909. The van der Waals surface area contributed by atoms with E-state index in [1.165, 1.54) is 31.6 Å². The second kappa shape index (κ2) is 7.81. The molecule has 0 aliphatic carbocycles. The van der Waals surface area contributed by atoms with E-state index < -0.39 is 5.97 Å². The van der Waals surface area contributed by atoms with Crippen LogP contribution < -0.4 is 18.9 Å². The van der Waals surface area contributed by atoms with Crippen LogP contribution in [0.5, 0.6) is 23.0 Å². The van der Waals surface area contributed by atoms with Crippen LogP contribution in [0.2, 0.25) is 0 Å². The Morgan fingerprint density at radius 3 is 2.41 bits per heavy atom. The zero-order valence-electron chi connectivity index (χ0n) is 15.6. The maximum atomic E-state index is 12.5. The largest absolute Gasteiger partial charge is 0.497 e. The SMILES string of the molecule is COc1cc(OC)cc(C(=O)Oc2ccc3c(c2)O/C(=C\c2cccs2)C3=O)c1. The number of Topliss-reactive ketones (excluding diaryl/α,β-unsaturated/α-hetero) is 1. The summed E-state index contributed by atoms with van der Waals surface area (Å²) in [5.74, 6) is 1.02. The van der Waals surface area contributed by atoms with E-state index in [4.69, 9.17) is 18.9 Å². The smallest absolute Gasteiger partial charge is 0.343 e. The lowest BCUT2D eigenvalue weighted by Crippen LogP contribution is -2.09. The first-order chi connectivity index (χ1) is 14.1. The van der Waals surface area contributed by atoms with E-state index in [9.17, 15) is 9.59 Å². The van der Waals surface area contributed by atoms with Crippen LogP contribution in [0, 0.1) is 0 Å². The van der Waals surface area contributed by atoms with Gasteiger partial charge in [-0.1, -0.05) is 6.07 Å². The predicted octanol–water partition coefficient (Wildman–Crippen LogP) is 4.60. The molecular formula is C22H16O6S. The Morgan fingerprint density at radius 2 is 1.76 bits per heavy atom. The standard InChI is InChI=1S/C22H16O6S/c1-25-15-8-13(9-16(10-15)26-2)22(24)27-14-5-6-18-19(11-14)28-20(21(18)23)12-17-4-3-7-29-17/h3-12H,1-2H3/b20-12-. The summed E-state index contributed by atoms with van der Waals surface area (Å²) in [6.07, 6.45) is 1.70. The molecule has 1 aliphatic rings. The molecule has 1 aromatic heterocycles. The average Bonchev–Trinajstić information content (AvgIpc) is 3.35. The van der Waals surface area contributed by atoms with Gasteiger partial charge in [-0.2, -0.15) is 0 Å². The quantitative estimate of drug-likeness (QED) is 0.349. The normalized spacial score (nSPS) is 13.7. The molecule has 0 saturated heterocycles. The number of allylic oxidation sites excluding steroid dienone is 1. The van der Waals surface area contributed by atoms with Gasteiger partial charge in [0.05, 0.1) is 25.3 Å². The summed E-state index contributed by atoms with van der Waals surface area (Å²) in [6.45, 7) is 0. The molecule has 0 fully saturated rings. The molecule has 0 N–H and O–H groups in total. The van der Waals surface area contributed by atoms with Gasteiger partial charge in [-0.3, -0.25) is 4.79 Å². The monoisotopic (exact) mass is 408 g/mol. The average molecular weight is 408 g/mol. The molecule has 0 bridgehead atoms. The molecular weight excluding hydrogens is 392 g/mol. The number of carbonyl (C=O) groups excluding carboxylic acids is 2. The summed E-state index contributed by atoms with van der Waals surface area (Å²) in [7, 11) is 3.00. The van der Waals surface area contributed by atoms with Crippen molar-refractivity contribution in [3.8, 4) is 23.0 Å². The summed E-state index contributed by atoms with van der Waals surface area (Å²) in [4.78, 5) is 26.0. The first kappa shape index (κ1) is 18.8. The van der Waals surface area contributed by atoms with Gasteiger partial charge in [0.2, 0.25) is 5.78 Å². The summed E-state index contributed by atoms with van der Waals surface area (Å²) in [5.41, 5.74) is 0.702. The van der Waals surface area contributed by atoms with Crippen molar-refractivity contribution in [3.63, 3.8) is 0 Å². The lowest BCUT2D eigenvalue weighted by atomic mass is 10.1. The van der Waals surface area contributed by atoms with Crippen LogP contribution in [0.1, 0.15) is 25.6 Å². The molecule has 4 rings (SSSR count). The fourth-order valence-corrected chi connectivity index (χ4v) is 3.47. The molecule has 7 heteroatoms. The molecule has 0 saturated carbocycles. The number of benzene rings is 2.